The van der Waals surface area contributed by atoms with E-state index in [0.717, 1.165) is 23.5 Å². The van der Waals surface area contributed by atoms with Crippen LogP contribution >= 0.6 is 0 Å². The normalized spacial score (nSPS) is 17.7. The Morgan fingerprint density at radius 3 is 2.61 bits per heavy atom. The van der Waals surface area contributed by atoms with Gasteiger partial charge < -0.3 is 4.42 Å². The van der Waals surface area contributed by atoms with Crippen LogP contribution in [-0.2, 0) is 11.2 Å². The van der Waals surface area contributed by atoms with Crippen molar-refractivity contribution in [1.29, 1.82) is 0 Å². The summed E-state index contributed by atoms with van der Waals surface area (Å²) in [6.07, 6.45) is 3.33. The lowest BCUT2D eigenvalue weighted by atomic mass is 10.0. The van der Waals surface area contributed by atoms with Crippen LogP contribution in [0.4, 0.5) is 0 Å². The molecule has 23 heavy (non-hydrogen) atoms. The topological polar surface area (TPSA) is 45.8 Å². The molecule has 0 radical (unpaired) electrons. The molecule has 0 spiro atoms. The monoisotopic (exact) mass is 310 g/mol. The van der Waals surface area contributed by atoms with Gasteiger partial charge in [-0.15, -0.1) is 0 Å². The Morgan fingerprint density at radius 1 is 1.30 bits per heavy atom. The molecule has 0 saturated heterocycles. The van der Waals surface area contributed by atoms with Crippen LogP contribution in [0.15, 0.2) is 52.2 Å². The summed E-state index contributed by atoms with van der Waals surface area (Å²) in [6, 6.07) is 12.0. The van der Waals surface area contributed by atoms with Crippen molar-refractivity contribution >= 4 is 11.6 Å². The van der Waals surface area contributed by atoms with E-state index in [4.69, 9.17) is 4.42 Å². The zero-order valence-electron chi connectivity index (χ0n) is 13.8. The number of hydrogen-bond acceptors (Lipinski definition) is 3. The average molecular weight is 310 g/mol. The fraction of sp³-hybridized carbons (Fsp3) is 0.368. The first-order valence-electron chi connectivity index (χ1n) is 8.13. The summed E-state index contributed by atoms with van der Waals surface area (Å²) in [5.41, 5.74) is 3.30. The zero-order chi connectivity index (χ0) is 16.4. The lowest BCUT2D eigenvalue weighted by Gasteiger charge is -2.21. The predicted octanol–water partition coefficient (Wildman–Crippen LogP) is 4.18. The highest BCUT2D eigenvalue weighted by Crippen LogP contribution is 2.34. The van der Waals surface area contributed by atoms with Gasteiger partial charge in [-0.25, -0.2) is 5.01 Å². The Labute approximate surface area is 136 Å². The van der Waals surface area contributed by atoms with E-state index in [1.165, 1.54) is 5.56 Å². The van der Waals surface area contributed by atoms with Crippen molar-refractivity contribution in [1.82, 2.24) is 5.01 Å². The summed E-state index contributed by atoms with van der Waals surface area (Å²) in [5, 5.41) is 6.20. The molecule has 0 saturated carbocycles. The molecule has 1 aliphatic rings. The van der Waals surface area contributed by atoms with E-state index < -0.39 is 0 Å². The molecule has 1 aliphatic heterocycles. The molecule has 4 heteroatoms. The van der Waals surface area contributed by atoms with Gasteiger partial charge in [0.15, 0.2) is 0 Å². The molecular weight excluding hydrogens is 288 g/mol. The molecule has 0 aliphatic carbocycles. The van der Waals surface area contributed by atoms with Crippen molar-refractivity contribution in [3.63, 3.8) is 0 Å². The second-order valence-corrected chi connectivity index (χ2v) is 6.17. The number of carbonyl (C=O) groups excluding carboxylic acids is 1. The van der Waals surface area contributed by atoms with Crippen molar-refractivity contribution in [3.05, 3.63) is 59.5 Å². The number of aryl methyl sites for hydroxylation is 1. The van der Waals surface area contributed by atoms with Gasteiger partial charge in [0.1, 0.15) is 11.8 Å². The van der Waals surface area contributed by atoms with Crippen LogP contribution in [0.3, 0.4) is 0 Å². The highest BCUT2D eigenvalue weighted by Gasteiger charge is 2.35. The average Bonchev–Trinajstić information content (AvgIpc) is 3.23. The Bertz CT molecular complexity index is 699. The Hall–Kier alpha value is -2.36. The van der Waals surface area contributed by atoms with Crippen LogP contribution in [0.2, 0.25) is 0 Å². The summed E-state index contributed by atoms with van der Waals surface area (Å²) >= 11 is 0. The van der Waals surface area contributed by atoms with Crippen LogP contribution in [-0.4, -0.2) is 16.6 Å². The third-order valence-corrected chi connectivity index (χ3v) is 4.20. The second-order valence-electron chi connectivity index (χ2n) is 6.17. The van der Waals surface area contributed by atoms with Gasteiger partial charge in [0.05, 0.1) is 12.0 Å². The number of rotatable bonds is 4. The first-order valence-corrected chi connectivity index (χ1v) is 8.13. The van der Waals surface area contributed by atoms with Crippen LogP contribution in [0.1, 0.15) is 50.1 Å². The molecule has 2 heterocycles. The van der Waals surface area contributed by atoms with Crippen molar-refractivity contribution in [2.45, 2.75) is 39.7 Å². The fourth-order valence-electron chi connectivity index (χ4n) is 2.79. The zero-order valence-corrected chi connectivity index (χ0v) is 13.8. The van der Waals surface area contributed by atoms with Crippen LogP contribution in [0.25, 0.3) is 0 Å². The van der Waals surface area contributed by atoms with Crippen LogP contribution < -0.4 is 0 Å². The van der Waals surface area contributed by atoms with E-state index in [1.54, 1.807) is 11.3 Å². The van der Waals surface area contributed by atoms with E-state index in [1.807, 2.05) is 26.0 Å². The molecule has 0 N–H and O–H groups in total. The highest BCUT2D eigenvalue weighted by molar-refractivity contribution is 6.03. The molecule has 0 fully saturated rings. The van der Waals surface area contributed by atoms with E-state index in [2.05, 4.69) is 36.3 Å². The number of amides is 1. The Kier molecular flexibility index (Phi) is 4.33. The smallest absolute Gasteiger partial charge is 0.245 e. The minimum Gasteiger partial charge on any atom is -0.467 e. The maximum Gasteiger partial charge on any atom is 0.245 e. The highest BCUT2D eigenvalue weighted by atomic mass is 16.3. The van der Waals surface area contributed by atoms with Gasteiger partial charge in [0, 0.05) is 12.3 Å². The summed E-state index contributed by atoms with van der Waals surface area (Å²) < 4.78 is 5.53. The molecule has 1 aromatic carbocycles. The first kappa shape index (κ1) is 15.5. The fourth-order valence-corrected chi connectivity index (χ4v) is 2.79. The molecule has 1 unspecified atom stereocenters. The number of hydrogen-bond donors (Lipinski definition) is 0. The van der Waals surface area contributed by atoms with E-state index >= 15 is 0 Å². The van der Waals surface area contributed by atoms with E-state index in [-0.39, 0.29) is 17.9 Å². The van der Waals surface area contributed by atoms with Gasteiger partial charge in [-0.3, -0.25) is 4.79 Å². The first-order chi connectivity index (χ1) is 11.1. The van der Waals surface area contributed by atoms with Gasteiger partial charge in [-0.2, -0.15) is 5.10 Å². The second kappa shape index (κ2) is 6.41. The van der Waals surface area contributed by atoms with Crippen LogP contribution in [0.5, 0.6) is 0 Å². The number of hydrazone groups is 1. The Morgan fingerprint density at radius 2 is 2.04 bits per heavy atom. The lowest BCUT2D eigenvalue weighted by Crippen LogP contribution is -2.30. The number of benzene rings is 1. The predicted molar refractivity (Wildman–Crippen MR) is 90.1 cm³/mol. The Balaban J connectivity index is 1.92. The largest absolute Gasteiger partial charge is 0.467 e. The lowest BCUT2D eigenvalue weighted by molar-refractivity contribution is -0.136. The molecule has 2 aromatic rings. The van der Waals surface area contributed by atoms with E-state index in [0.29, 0.717) is 6.42 Å². The summed E-state index contributed by atoms with van der Waals surface area (Å²) in [5.74, 6) is 0.701. The number of nitrogens with zero attached hydrogens (tertiary/aromatic N) is 2. The molecule has 1 amide bonds. The summed E-state index contributed by atoms with van der Waals surface area (Å²) in [4.78, 5) is 12.5. The maximum atomic E-state index is 12.5. The van der Waals surface area contributed by atoms with Gasteiger partial charge in [0.25, 0.3) is 0 Å². The quantitative estimate of drug-likeness (QED) is 0.850. The van der Waals surface area contributed by atoms with Crippen molar-refractivity contribution in [2.24, 2.45) is 11.0 Å². The molecule has 4 nitrogen and oxygen atoms in total. The van der Waals surface area contributed by atoms with Crippen molar-refractivity contribution in [2.75, 3.05) is 0 Å². The van der Waals surface area contributed by atoms with Crippen molar-refractivity contribution < 1.29 is 9.21 Å². The maximum absolute atomic E-state index is 12.5. The SMILES string of the molecule is CCc1ccc(C2=NN(C(=O)C(C)C)C(c3ccco3)C2)cc1. The number of carbonyl (C=O) groups is 1. The van der Waals surface area contributed by atoms with Gasteiger partial charge >= 0.3 is 0 Å². The molecule has 3 rings (SSSR count). The van der Waals surface area contributed by atoms with Gasteiger partial charge in [-0.1, -0.05) is 45.0 Å². The molecule has 120 valence electrons. The minimum atomic E-state index is -0.152. The van der Waals surface area contributed by atoms with Crippen molar-refractivity contribution in [3.8, 4) is 0 Å². The molecule has 1 aromatic heterocycles. The molecule has 0 bridgehead atoms. The molecule has 1 atom stereocenters. The van der Waals surface area contributed by atoms with Gasteiger partial charge in [-0.05, 0) is 29.7 Å². The number of furan rings is 1. The van der Waals surface area contributed by atoms with E-state index in [9.17, 15) is 4.79 Å². The molecular formula is C19H22N2O2. The summed E-state index contributed by atoms with van der Waals surface area (Å²) in [7, 11) is 0. The van der Waals surface area contributed by atoms with Crippen LogP contribution in [0, 0.1) is 5.92 Å². The third-order valence-electron chi connectivity index (χ3n) is 4.20. The summed E-state index contributed by atoms with van der Waals surface area (Å²) in [6.45, 7) is 5.92. The third kappa shape index (κ3) is 3.07. The minimum absolute atomic E-state index is 0.0200. The van der Waals surface area contributed by atoms with Gasteiger partial charge in [0.2, 0.25) is 5.91 Å². The standard InChI is InChI=1S/C19H22N2O2/c1-4-14-7-9-15(10-8-14)16-12-17(18-6-5-11-23-18)21(20-16)19(22)13(2)3/h5-11,13,17H,4,12H2,1-3H3.